The zero-order valence-corrected chi connectivity index (χ0v) is 15.1. The molecule has 0 bridgehead atoms. The van der Waals surface area contributed by atoms with Crippen LogP contribution in [0.3, 0.4) is 0 Å². The van der Waals surface area contributed by atoms with Gasteiger partial charge in [0.2, 0.25) is 0 Å². The lowest BCUT2D eigenvalue weighted by molar-refractivity contribution is 0.0888. The number of hydrogen-bond acceptors (Lipinski definition) is 4. The van der Waals surface area contributed by atoms with Crippen LogP contribution in [0.4, 0.5) is 0 Å². The van der Waals surface area contributed by atoms with Gasteiger partial charge in [-0.25, -0.2) is 0 Å². The van der Waals surface area contributed by atoms with Gasteiger partial charge >= 0.3 is 0 Å². The van der Waals surface area contributed by atoms with Gasteiger partial charge in [-0.15, -0.1) is 0 Å². The molecule has 0 aromatic carbocycles. The molecule has 1 heterocycles. The van der Waals surface area contributed by atoms with Crippen molar-refractivity contribution in [2.45, 2.75) is 33.1 Å². The Morgan fingerprint density at radius 3 is 2.70 bits per heavy atom. The number of hydrogen-bond donors (Lipinski definition) is 2. The van der Waals surface area contributed by atoms with Crippen molar-refractivity contribution in [1.29, 1.82) is 0 Å². The molecule has 2 N–H and O–H groups in total. The second kappa shape index (κ2) is 13.6. The third kappa shape index (κ3) is 11.3. The van der Waals surface area contributed by atoms with E-state index in [1.165, 1.54) is 0 Å². The van der Waals surface area contributed by atoms with Crippen LogP contribution in [-0.2, 0) is 14.2 Å². The minimum atomic E-state index is 0.591. The Morgan fingerprint density at radius 2 is 2.00 bits per heavy atom. The van der Waals surface area contributed by atoms with Crippen molar-refractivity contribution in [2.75, 3.05) is 59.8 Å². The SMILES string of the molecule is CN=C(NCCCOCC1CCOC1)NCCOCCC(C)C. The molecule has 1 atom stereocenters. The van der Waals surface area contributed by atoms with E-state index in [4.69, 9.17) is 14.2 Å². The van der Waals surface area contributed by atoms with Crippen LogP contribution >= 0.6 is 0 Å². The van der Waals surface area contributed by atoms with Crippen LogP contribution in [0.25, 0.3) is 0 Å². The largest absolute Gasteiger partial charge is 0.381 e. The number of nitrogens with zero attached hydrogens (tertiary/aromatic N) is 1. The summed E-state index contributed by atoms with van der Waals surface area (Å²) < 4.78 is 16.6. The quantitative estimate of drug-likeness (QED) is 0.324. The summed E-state index contributed by atoms with van der Waals surface area (Å²) in [5.41, 5.74) is 0. The molecule has 6 nitrogen and oxygen atoms in total. The summed E-state index contributed by atoms with van der Waals surface area (Å²) >= 11 is 0. The Bertz CT molecular complexity index is 305. The average Bonchev–Trinajstić information content (AvgIpc) is 3.04. The number of guanidine groups is 1. The monoisotopic (exact) mass is 329 g/mol. The molecule has 136 valence electrons. The number of aliphatic imine (C=N–C) groups is 1. The second-order valence-electron chi connectivity index (χ2n) is 6.38. The van der Waals surface area contributed by atoms with Gasteiger partial charge in [-0.3, -0.25) is 4.99 Å². The van der Waals surface area contributed by atoms with Crippen LogP contribution < -0.4 is 10.6 Å². The molecule has 1 aliphatic heterocycles. The van der Waals surface area contributed by atoms with Gasteiger partial charge in [0.15, 0.2) is 5.96 Å². The predicted octanol–water partition coefficient (Wildman–Crippen LogP) is 1.66. The highest BCUT2D eigenvalue weighted by Crippen LogP contribution is 2.12. The fraction of sp³-hybridized carbons (Fsp3) is 0.941. The van der Waals surface area contributed by atoms with Crippen LogP contribution in [0.1, 0.15) is 33.1 Å². The minimum absolute atomic E-state index is 0.591. The maximum Gasteiger partial charge on any atom is 0.191 e. The summed E-state index contributed by atoms with van der Waals surface area (Å²) in [5, 5.41) is 6.54. The van der Waals surface area contributed by atoms with E-state index in [0.29, 0.717) is 18.4 Å². The molecule has 0 aromatic heterocycles. The van der Waals surface area contributed by atoms with Gasteiger partial charge in [-0.2, -0.15) is 0 Å². The summed E-state index contributed by atoms with van der Waals surface area (Å²) in [4.78, 5) is 4.20. The highest BCUT2D eigenvalue weighted by atomic mass is 16.5. The third-order valence-corrected chi connectivity index (χ3v) is 3.74. The number of nitrogens with one attached hydrogen (secondary N) is 2. The Hall–Kier alpha value is -0.850. The van der Waals surface area contributed by atoms with Gasteiger partial charge < -0.3 is 24.8 Å². The highest BCUT2D eigenvalue weighted by molar-refractivity contribution is 5.79. The normalized spacial score (nSPS) is 18.6. The molecule has 23 heavy (non-hydrogen) atoms. The summed E-state index contributed by atoms with van der Waals surface area (Å²) in [6.45, 7) is 10.9. The van der Waals surface area contributed by atoms with Crippen LogP contribution in [0.5, 0.6) is 0 Å². The van der Waals surface area contributed by atoms with Crippen molar-refractivity contribution in [1.82, 2.24) is 10.6 Å². The number of ether oxygens (including phenoxy) is 3. The van der Waals surface area contributed by atoms with E-state index in [0.717, 1.165) is 71.3 Å². The van der Waals surface area contributed by atoms with E-state index < -0.39 is 0 Å². The molecule has 0 radical (unpaired) electrons. The summed E-state index contributed by atoms with van der Waals surface area (Å²) in [7, 11) is 1.78. The smallest absolute Gasteiger partial charge is 0.191 e. The maximum absolute atomic E-state index is 5.68. The molecule has 1 unspecified atom stereocenters. The zero-order chi connectivity index (χ0) is 16.8. The molecule has 1 aliphatic rings. The van der Waals surface area contributed by atoms with E-state index in [-0.39, 0.29) is 0 Å². The Balaban J connectivity index is 1.89. The predicted molar refractivity (Wildman–Crippen MR) is 94.0 cm³/mol. The van der Waals surface area contributed by atoms with Gasteiger partial charge in [0.1, 0.15) is 0 Å². The molecule has 1 saturated heterocycles. The lowest BCUT2D eigenvalue weighted by atomic mass is 10.1. The van der Waals surface area contributed by atoms with E-state index in [2.05, 4.69) is 29.5 Å². The third-order valence-electron chi connectivity index (χ3n) is 3.74. The van der Waals surface area contributed by atoms with Gasteiger partial charge in [0.05, 0.1) is 19.8 Å². The maximum atomic E-state index is 5.68. The molecule has 0 spiro atoms. The Morgan fingerprint density at radius 1 is 1.17 bits per heavy atom. The lowest BCUT2D eigenvalue weighted by Crippen LogP contribution is -2.39. The van der Waals surface area contributed by atoms with Gasteiger partial charge in [0.25, 0.3) is 0 Å². The molecule has 1 fully saturated rings. The summed E-state index contributed by atoms with van der Waals surface area (Å²) in [5.74, 6) is 2.11. The Labute approximate surface area is 141 Å². The average molecular weight is 329 g/mol. The van der Waals surface area contributed by atoms with E-state index in [1.807, 2.05) is 0 Å². The van der Waals surface area contributed by atoms with Crippen LogP contribution in [-0.4, -0.2) is 65.7 Å². The Kier molecular flexibility index (Phi) is 11.9. The van der Waals surface area contributed by atoms with Gasteiger partial charge in [-0.1, -0.05) is 13.8 Å². The van der Waals surface area contributed by atoms with Crippen molar-refractivity contribution < 1.29 is 14.2 Å². The number of rotatable bonds is 12. The summed E-state index contributed by atoms with van der Waals surface area (Å²) in [6.07, 6.45) is 3.22. The highest BCUT2D eigenvalue weighted by Gasteiger charge is 2.15. The molecule has 1 rings (SSSR count). The molecule has 0 aliphatic carbocycles. The van der Waals surface area contributed by atoms with Crippen molar-refractivity contribution >= 4 is 5.96 Å². The molecular formula is C17H35N3O3. The minimum Gasteiger partial charge on any atom is -0.381 e. The van der Waals surface area contributed by atoms with E-state index in [1.54, 1.807) is 7.05 Å². The molecular weight excluding hydrogens is 294 g/mol. The fourth-order valence-corrected chi connectivity index (χ4v) is 2.23. The fourth-order valence-electron chi connectivity index (χ4n) is 2.23. The van der Waals surface area contributed by atoms with Crippen molar-refractivity contribution in [3.63, 3.8) is 0 Å². The topological polar surface area (TPSA) is 64.1 Å². The van der Waals surface area contributed by atoms with Crippen LogP contribution in [0.2, 0.25) is 0 Å². The first-order chi connectivity index (χ1) is 11.2. The first-order valence-electron chi connectivity index (χ1n) is 8.90. The van der Waals surface area contributed by atoms with Crippen LogP contribution in [0, 0.1) is 11.8 Å². The molecule has 6 heteroatoms. The molecule has 0 amide bonds. The zero-order valence-electron chi connectivity index (χ0n) is 15.1. The lowest BCUT2D eigenvalue weighted by Gasteiger charge is -2.13. The molecule has 0 aromatic rings. The standard InChI is InChI=1S/C17H35N3O3/c1-15(2)5-10-21-12-8-20-17(18-3)19-7-4-9-22-13-16-6-11-23-14-16/h15-16H,4-14H2,1-3H3,(H2,18,19,20). The molecule has 0 saturated carbocycles. The van der Waals surface area contributed by atoms with Crippen molar-refractivity contribution in [3.05, 3.63) is 0 Å². The first-order valence-corrected chi connectivity index (χ1v) is 8.90. The second-order valence-corrected chi connectivity index (χ2v) is 6.38. The summed E-state index contributed by atoms with van der Waals surface area (Å²) in [6, 6.07) is 0. The van der Waals surface area contributed by atoms with Gasteiger partial charge in [0, 0.05) is 45.9 Å². The van der Waals surface area contributed by atoms with Crippen LogP contribution in [0.15, 0.2) is 4.99 Å². The van der Waals surface area contributed by atoms with E-state index in [9.17, 15) is 0 Å². The van der Waals surface area contributed by atoms with Crippen molar-refractivity contribution in [3.8, 4) is 0 Å². The van der Waals surface area contributed by atoms with Gasteiger partial charge in [-0.05, 0) is 25.2 Å². The van der Waals surface area contributed by atoms with Crippen molar-refractivity contribution in [2.24, 2.45) is 16.8 Å². The first kappa shape index (κ1) is 20.2. The van der Waals surface area contributed by atoms with E-state index >= 15 is 0 Å².